The van der Waals surface area contributed by atoms with Crippen LogP contribution in [0, 0.1) is 11.7 Å². The smallest absolute Gasteiger partial charge is 0.315 e. The molecule has 1 unspecified atom stereocenters. The van der Waals surface area contributed by atoms with Gasteiger partial charge in [0.1, 0.15) is 5.82 Å². The van der Waals surface area contributed by atoms with Crippen LogP contribution < -0.4 is 10.6 Å². The molecule has 2 amide bonds. The molecule has 2 aliphatic rings. The SMILES string of the molecule is O=C(NC1CCC(CO)CC1)NC1CCCc2ccc(F)cc21. The fourth-order valence-corrected chi connectivity index (χ4v) is 3.79. The van der Waals surface area contributed by atoms with Gasteiger partial charge in [-0.2, -0.15) is 0 Å². The maximum Gasteiger partial charge on any atom is 0.315 e. The lowest BCUT2D eigenvalue weighted by Gasteiger charge is -2.30. The number of aliphatic hydroxyl groups excluding tert-OH is 1. The van der Waals surface area contributed by atoms with Crippen LogP contribution in [0.1, 0.15) is 55.7 Å². The van der Waals surface area contributed by atoms with Gasteiger partial charge in [-0.25, -0.2) is 9.18 Å². The second kappa shape index (κ2) is 7.30. The summed E-state index contributed by atoms with van der Waals surface area (Å²) in [5.41, 5.74) is 2.04. The van der Waals surface area contributed by atoms with Crippen molar-refractivity contribution in [1.29, 1.82) is 0 Å². The molecule has 0 saturated heterocycles. The lowest BCUT2D eigenvalue weighted by atomic mass is 9.86. The van der Waals surface area contributed by atoms with Gasteiger partial charge in [0, 0.05) is 12.6 Å². The Balaban J connectivity index is 1.56. The molecule has 2 aliphatic carbocycles. The Morgan fingerprint density at radius 1 is 1.17 bits per heavy atom. The van der Waals surface area contributed by atoms with Crippen molar-refractivity contribution in [3.63, 3.8) is 0 Å². The van der Waals surface area contributed by atoms with Crippen LogP contribution in [0.5, 0.6) is 0 Å². The molecule has 1 aromatic rings. The van der Waals surface area contributed by atoms with Gasteiger partial charge >= 0.3 is 6.03 Å². The third-order valence-electron chi connectivity index (χ3n) is 5.17. The van der Waals surface area contributed by atoms with E-state index in [2.05, 4.69) is 10.6 Å². The fourth-order valence-electron chi connectivity index (χ4n) is 3.79. The molecule has 23 heavy (non-hydrogen) atoms. The molecule has 0 spiro atoms. The molecule has 1 aromatic carbocycles. The zero-order valence-electron chi connectivity index (χ0n) is 13.4. The highest BCUT2D eigenvalue weighted by Gasteiger charge is 2.25. The van der Waals surface area contributed by atoms with Gasteiger partial charge in [-0.3, -0.25) is 0 Å². The summed E-state index contributed by atoms with van der Waals surface area (Å²) in [4.78, 5) is 12.3. The number of hydrogen-bond donors (Lipinski definition) is 3. The molecule has 0 heterocycles. The molecule has 4 nitrogen and oxygen atoms in total. The number of rotatable bonds is 3. The standard InChI is InChI=1S/C18H25FN2O2/c19-14-7-6-13-2-1-3-17(16(13)10-14)21-18(23)20-15-8-4-12(11-22)5-9-15/h6-7,10,12,15,17,22H,1-5,8-9,11H2,(H2,20,21,23). The topological polar surface area (TPSA) is 61.4 Å². The molecule has 126 valence electrons. The highest BCUT2D eigenvalue weighted by Crippen LogP contribution is 2.30. The number of halogens is 1. The zero-order chi connectivity index (χ0) is 16.2. The number of aryl methyl sites for hydroxylation is 1. The number of carbonyl (C=O) groups excluding carboxylic acids is 1. The molecular formula is C18H25FN2O2. The van der Waals surface area contributed by atoms with Crippen molar-refractivity contribution in [3.8, 4) is 0 Å². The number of benzene rings is 1. The van der Waals surface area contributed by atoms with E-state index in [9.17, 15) is 9.18 Å². The van der Waals surface area contributed by atoms with Crippen molar-refractivity contribution in [2.45, 2.75) is 57.0 Å². The fraction of sp³-hybridized carbons (Fsp3) is 0.611. The van der Waals surface area contributed by atoms with Crippen molar-refractivity contribution in [1.82, 2.24) is 10.6 Å². The van der Waals surface area contributed by atoms with Crippen LogP contribution in [0.15, 0.2) is 18.2 Å². The molecule has 1 fully saturated rings. The Hall–Kier alpha value is -1.62. The molecule has 1 atom stereocenters. The van der Waals surface area contributed by atoms with Gasteiger partial charge in [-0.1, -0.05) is 6.07 Å². The summed E-state index contributed by atoms with van der Waals surface area (Å²) in [7, 11) is 0. The van der Waals surface area contributed by atoms with E-state index >= 15 is 0 Å². The monoisotopic (exact) mass is 320 g/mol. The summed E-state index contributed by atoms with van der Waals surface area (Å²) >= 11 is 0. The van der Waals surface area contributed by atoms with E-state index in [1.807, 2.05) is 6.07 Å². The number of amides is 2. The van der Waals surface area contributed by atoms with Crippen LogP contribution in [0.2, 0.25) is 0 Å². The van der Waals surface area contributed by atoms with Gasteiger partial charge in [0.2, 0.25) is 0 Å². The van der Waals surface area contributed by atoms with E-state index < -0.39 is 0 Å². The molecular weight excluding hydrogens is 295 g/mol. The number of fused-ring (bicyclic) bond motifs is 1. The first-order valence-corrected chi connectivity index (χ1v) is 8.62. The first-order chi connectivity index (χ1) is 11.2. The number of urea groups is 1. The molecule has 3 rings (SSSR count). The Bertz CT molecular complexity index is 556. The minimum Gasteiger partial charge on any atom is -0.396 e. The van der Waals surface area contributed by atoms with Gasteiger partial charge in [-0.05, 0) is 74.1 Å². The molecule has 1 saturated carbocycles. The van der Waals surface area contributed by atoms with Gasteiger partial charge < -0.3 is 15.7 Å². The normalized spacial score (nSPS) is 27.1. The number of aliphatic hydroxyl groups is 1. The predicted molar refractivity (Wildman–Crippen MR) is 86.6 cm³/mol. The van der Waals surface area contributed by atoms with Crippen molar-refractivity contribution < 1.29 is 14.3 Å². The minimum atomic E-state index is -0.250. The lowest BCUT2D eigenvalue weighted by molar-refractivity contribution is 0.174. The maximum absolute atomic E-state index is 13.5. The summed E-state index contributed by atoms with van der Waals surface area (Å²) in [5, 5.41) is 15.2. The Labute approximate surface area is 136 Å². The van der Waals surface area contributed by atoms with Crippen LogP contribution in [-0.4, -0.2) is 23.8 Å². The first kappa shape index (κ1) is 16.2. The average molecular weight is 320 g/mol. The van der Waals surface area contributed by atoms with E-state index in [1.165, 1.54) is 6.07 Å². The Morgan fingerprint density at radius 2 is 1.96 bits per heavy atom. The summed E-state index contributed by atoms with van der Waals surface area (Å²) in [6.45, 7) is 0.239. The van der Waals surface area contributed by atoms with Crippen LogP contribution in [0.4, 0.5) is 9.18 Å². The molecule has 5 heteroatoms. The number of hydrogen-bond acceptors (Lipinski definition) is 2. The Kier molecular flexibility index (Phi) is 5.16. The maximum atomic E-state index is 13.5. The van der Waals surface area contributed by atoms with Gasteiger partial charge in [0.25, 0.3) is 0 Å². The van der Waals surface area contributed by atoms with Crippen molar-refractivity contribution in [2.75, 3.05) is 6.61 Å². The highest BCUT2D eigenvalue weighted by molar-refractivity contribution is 5.75. The first-order valence-electron chi connectivity index (χ1n) is 8.62. The van der Waals surface area contributed by atoms with E-state index in [0.717, 1.165) is 56.1 Å². The molecule has 0 bridgehead atoms. The second-order valence-electron chi connectivity index (χ2n) is 6.81. The Morgan fingerprint density at radius 3 is 2.70 bits per heavy atom. The molecule has 0 aromatic heterocycles. The molecule has 0 aliphatic heterocycles. The summed E-state index contributed by atoms with van der Waals surface area (Å²) in [6.07, 6.45) is 6.54. The largest absolute Gasteiger partial charge is 0.396 e. The van der Waals surface area contributed by atoms with Crippen molar-refractivity contribution in [2.24, 2.45) is 5.92 Å². The van der Waals surface area contributed by atoms with Crippen molar-refractivity contribution >= 4 is 6.03 Å². The van der Waals surface area contributed by atoms with Crippen LogP contribution in [0.3, 0.4) is 0 Å². The second-order valence-corrected chi connectivity index (χ2v) is 6.81. The lowest BCUT2D eigenvalue weighted by Crippen LogP contribution is -2.45. The quantitative estimate of drug-likeness (QED) is 0.801. The third kappa shape index (κ3) is 4.02. The van der Waals surface area contributed by atoms with E-state index in [-0.39, 0.29) is 30.5 Å². The summed E-state index contributed by atoms with van der Waals surface area (Å²) in [5.74, 6) is 0.129. The predicted octanol–water partition coefficient (Wildman–Crippen LogP) is 3.05. The number of carbonyl (C=O) groups is 1. The average Bonchev–Trinajstić information content (AvgIpc) is 2.56. The van der Waals surface area contributed by atoms with Crippen LogP contribution in [-0.2, 0) is 6.42 Å². The van der Waals surface area contributed by atoms with Crippen LogP contribution in [0.25, 0.3) is 0 Å². The summed E-state index contributed by atoms with van der Waals surface area (Å²) < 4.78 is 13.5. The molecule has 3 N–H and O–H groups in total. The number of nitrogens with one attached hydrogen (secondary N) is 2. The minimum absolute atomic E-state index is 0.108. The van der Waals surface area contributed by atoms with Gasteiger partial charge in [0.05, 0.1) is 6.04 Å². The van der Waals surface area contributed by atoms with Gasteiger partial charge in [0.15, 0.2) is 0 Å². The van der Waals surface area contributed by atoms with Crippen LogP contribution >= 0.6 is 0 Å². The van der Waals surface area contributed by atoms with Crippen molar-refractivity contribution in [3.05, 3.63) is 35.1 Å². The van der Waals surface area contributed by atoms with E-state index in [0.29, 0.717) is 5.92 Å². The van der Waals surface area contributed by atoms with E-state index in [1.54, 1.807) is 6.07 Å². The van der Waals surface area contributed by atoms with E-state index in [4.69, 9.17) is 5.11 Å². The van der Waals surface area contributed by atoms with Gasteiger partial charge in [-0.15, -0.1) is 0 Å². The molecule has 0 radical (unpaired) electrons. The zero-order valence-corrected chi connectivity index (χ0v) is 13.4. The summed E-state index contributed by atoms with van der Waals surface area (Å²) in [6, 6.07) is 4.76. The third-order valence-corrected chi connectivity index (χ3v) is 5.17. The highest BCUT2D eigenvalue weighted by atomic mass is 19.1.